The van der Waals surface area contributed by atoms with Gasteiger partial charge in [0.05, 0.1) is 16.7 Å². The summed E-state index contributed by atoms with van der Waals surface area (Å²) in [5.41, 5.74) is 0.313. The van der Waals surface area contributed by atoms with Crippen molar-refractivity contribution in [3.8, 4) is 17.6 Å². The van der Waals surface area contributed by atoms with E-state index < -0.39 is 5.97 Å². The number of pyridine rings is 1. The summed E-state index contributed by atoms with van der Waals surface area (Å²) in [4.78, 5) is 33.1. The minimum Gasteiger partial charge on any atom is -0.490 e. The molecule has 2 aliphatic rings. The average molecular weight is 523 g/mol. The topological polar surface area (TPSA) is 79.7 Å². The van der Waals surface area contributed by atoms with Crippen LogP contribution >= 0.6 is 11.3 Å². The van der Waals surface area contributed by atoms with E-state index in [1.807, 2.05) is 43.9 Å². The first-order valence-electron chi connectivity index (χ1n) is 13.4. The number of ether oxygens (including phenoxy) is 1. The van der Waals surface area contributed by atoms with Crippen molar-refractivity contribution < 1.29 is 19.4 Å². The van der Waals surface area contributed by atoms with Gasteiger partial charge in [-0.3, -0.25) is 9.78 Å². The maximum Gasteiger partial charge on any atom is 0.348 e. The smallest absolute Gasteiger partial charge is 0.348 e. The van der Waals surface area contributed by atoms with Crippen LogP contribution < -0.4 is 9.64 Å². The third kappa shape index (κ3) is 7.13. The molecule has 2 heterocycles. The van der Waals surface area contributed by atoms with Gasteiger partial charge < -0.3 is 14.7 Å². The van der Waals surface area contributed by atoms with Gasteiger partial charge in [-0.25, -0.2) is 4.79 Å². The van der Waals surface area contributed by atoms with Gasteiger partial charge in [-0.05, 0) is 96.3 Å². The summed E-state index contributed by atoms with van der Waals surface area (Å²) in [5.74, 6) is 6.80. The van der Waals surface area contributed by atoms with E-state index in [1.165, 1.54) is 11.3 Å². The Labute approximate surface area is 224 Å². The Bertz CT molecular complexity index is 1140. The van der Waals surface area contributed by atoms with E-state index in [-0.39, 0.29) is 34.3 Å². The molecule has 0 bridgehead atoms. The van der Waals surface area contributed by atoms with Gasteiger partial charge in [0.15, 0.2) is 0 Å². The molecule has 2 saturated carbocycles. The molecule has 6 nitrogen and oxygen atoms in total. The van der Waals surface area contributed by atoms with Gasteiger partial charge in [0.1, 0.15) is 10.6 Å². The lowest BCUT2D eigenvalue weighted by atomic mass is 9.81. The van der Waals surface area contributed by atoms with Crippen molar-refractivity contribution in [1.82, 2.24) is 4.98 Å². The number of anilines is 1. The second-order valence-electron chi connectivity index (χ2n) is 11.5. The number of rotatable bonds is 6. The fourth-order valence-electron chi connectivity index (χ4n) is 5.25. The van der Waals surface area contributed by atoms with E-state index in [0.717, 1.165) is 57.1 Å². The van der Waals surface area contributed by atoms with Crippen LogP contribution in [0.1, 0.15) is 93.6 Å². The first-order valence-corrected chi connectivity index (χ1v) is 14.2. The van der Waals surface area contributed by atoms with E-state index in [2.05, 4.69) is 23.7 Å². The molecular weight excluding hydrogens is 484 g/mol. The zero-order chi connectivity index (χ0) is 26.6. The summed E-state index contributed by atoms with van der Waals surface area (Å²) >= 11 is 1.17. The van der Waals surface area contributed by atoms with Crippen LogP contribution in [0.3, 0.4) is 0 Å². The Balaban J connectivity index is 1.61. The highest BCUT2D eigenvalue weighted by molar-refractivity contribution is 7.15. The number of nitrogens with zero attached hydrogens (tertiary/aromatic N) is 2. The van der Waals surface area contributed by atoms with Crippen molar-refractivity contribution in [2.45, 2.75) is 91.2 Å². The van der Waals surface area contributed by atoms with Gasteiger partial charge in [0.25, 0.3) is 0 Å². The molecule has 4 rings (SSSR count). The van der Waals surface area contributed by atoms with Gasteiger partial charge in [-0.2, -0.15) is 0 Å². The average Bonchev–Trinajstić information content (AvgIpc) is 3.29. The fraction of sp³-hybridized carbons (Fsp3) is 0.567. The largest absolute Gasteiger partial charge is 0.490 e. The fourth-order valence-corrected chi connectivity index (χ4v) is 6.10. The molecule has 37 heavy (non-hydrogen) atoms. The van der Waals surface area contributed by atoms with E-state index in [1.54, 1.807) is 12.4 Å². The first-order chi connectivity index (χ1) is 17.6. The zero-order valence-electron chi connectivity index (χ0n) is 22.3. The molecule has 2 aliphatic carbocycles. The minimum atomic E-state index is -1.01. The first kappa shape index (κ1) is 27.2. The summed E-state index contributed by atoms with van der Waals surface area (Å²) in [6, 6.07) is 5.49. The predicted molar refractivity (Wildman–Crippen MR) is 147 cm³/mol. The van der Waals surface area contributed by atoms with Crippen molar-refractivity contribution in [2.24, 2.45) is 17.3 Å². The van der Waals surface area contributed by atoms with E-state index in [4.69, 9.17) is 4.74 Å². The molecule has 0 aromatic carbocycles. The summed E-state index contributed by atoms with van der Waals surface area (Å²) in [6.45, 7) is 8.32. The number of amides is 1. The second-order valence-corrected chi connectivity index (χ2v) is 12.6. The SMILES string of the molecule is CC(C)(C)C#Cc1cc(N(C(=O)[C@H]2CC[C@H](C)CC2)[C@H]2CC[C@@H](Oc3ccncc3)CC2)c(C(=O)O)s1. The lowest BCUT2D eigenvalue weighted by molar-refractivity contribution is -0.124. The molecule has 0 saturated heterocycles. The molecule has 198 valence electrons. The Hall–Kier alpha value is -2.85. The summed E-state index contributed by atoms with van der Waals surface area (Å²) in [7, 11) is 0. The van der Waals surface area contributed by atoms with Crippen LogP contribution in [-0.2, 0) is 4.79 Å². The van der Waals surface area contributed by atoms with Crippen molar-refractivity contribution >= 4 is 28.9 Å². The molecule has 7 heteroatoms. The van der Waals surface area contributed by atoms with Crippen LogP contribution in [0.2, 0.25) is 0 Å². The zero-order valence-corrected chi connectivity index (χ0v) is 23.1. The van der Waals surface area contributed by atoms with Crippen LogP contribution in [0.4, 0.5) is 5.69 Å². The van der Waals surface area contributed by atoms with E-state index >= 15 is 0 Å². The van der Waals surface area contributed by atoms with Crippen molar-refractivity contribution in [3.63, 3.8) is 0 Å². The summed E-state index contributed by atoms with van der Waals surface area (Å²) in [5, 5.41) is 10.1. The normalized spacial score (nSPS) is 24.0. The summed E-state index contributed by atoms with van der Waals surface area (Å²) < 4.78 is 6.15. The molecule has 0 spiro atoms. The maximum atomic E-state index is 14.0. The maximum absolute atomic E-state index is 14.0. The van der Waals surface area contributed by atoms with Gasteiger partial charge in [-0.1, -0.05) is 18.8 Å². The minimum absolute atomic E-state index is 0.0553. The number of hydrogen-bond acceptors (Lipinski definition) is 5. The number of carbonyl (C=O) groups excluding carboxylic acids is 1. The van der Waals surface area contributed by atoms with E-state index in [0.29, 0.717) is 16.5 Å². The van der Waals surface area contributed by atoms with Gasteiger partial charge >= 0.3 is 5.97 Å². The predicted octanol–water partition coefficient (Wildman–Crippen LogP) is 6.79. The number of aromatic nitrogens is 1. The number of hydrogen-bond donors (Lipinski definition) is 1. The summed E-state index contributed by atoms with van der Waals surface area (Å²) in [6.07, 6.45) is 10.5. The van der Waals surface area contributed by atoms with Crippen LogP contribution in [0.15, 0.2) is 30.6 Å². The van der Waals surface area contributed by atoms with Crippen molar-refractivity contribution in [3.05, 3.63) is 40.3 Å². The molecule has 1 amide bonds. The van der Waals surface area contributed by atoms with Gasteiger partial charge in [-0.15, -0.1) is 11.3 Å². The molecule has 2 aromatic rings. The molecule has 2 fully saturated rings. The van der Waals surface area contributed by atoms with Crippen molar-refractivity contribution in [2.75, 3.05) is 4.90 Å². The van der Waals surface area contributed by atoms with Gasteiger partial charge in [0.2, 0.25) is 5.91 Å². The lowest BCUT2D eigenvalue weighted by Gasteiger charge is -2.39. The third-order valence-electron chi connectivity index (χ3n) is 7.29. The quantitative estimate of drug-likeness (QED) is 0.423. The molecule has 2 aromatic heterocycles. The van der Waals surface area contributed by atoms with Crippen LogP contribution in [-0.4, -0.2) is 34.1 Å². The molecular formula is C30H38N2O4S. The number of thiophene rings is 1. The Morgan fingerprint density at radius 2 is 1.70 bits per heavy atom. The van der Waals surface area contributed by atoms with Crippen molar-refractivity contribution in [1.29, 1.82) is 0 Å². The monoisotopic (exact) mass is 522 g/mol. The molecule has 0 radical (unpaired) electrons. The number of carboxylic acid groups (broad SMARTS) is 1. The third-order valence-corrected chi connectivity index (χ3v) is 8.32. The van der Waals surface area contributed by atoms with Gasteiger partial charge in [0, 0.05) is 29.8 Å². The molecule has 1 N–H and O–H groups in total. The van der Waals surface area contributed by atoms with Crippen LogP contribution in [0.5, 0.6) is 5.75 Å². The standard InChI is InChI=1S/C30H38N2O4S/c1-20-5-7-21(8-6-20)28(33)32(22-9-11-23(12-10-22)36-24-14-17-31-18-15-24)26-19-25(13-16-30(2,3)4)37-27(26)29(34)35/h14-15,17-23H,5-12H2,1-4H3,(H,34,35)/t20-,21-,22-,23+. The Kier molecular flexibility index (Phi) is 8.59. The highest BCUT2D eigenvalue weighted by Gasteiger charge is 2.37. The number of carboxylic acids is 1. The van der Waals surface area contributed by atoms with E-state index in [9.17, 15) is 14.7 Å². The Morgan fingerprint density at radius 3 is 2.30 bits per heavy atom. The Morgan fingerprint density at radius 1 is 1.05 bits per heavy atom. The number of aromatic carboxylic acids is 1. The molecule has 0 atom stereocenters. The molecule has 0 unspecified atom stereocenters. The lowest BCUT2D eigenvalue weighted by Crippen LogP contribution is -2.47. The second kappa shape index (κ2) is 11.7. The number of carbonyl (C=O) groups is 2. The highest BCUT2D eigenvalue weighted by Crippen LogP contribution is 2.39. The van der Waals surface area contributed by atoms with Crippen LogP contribution in [0.25, 0.3) is 0 Å². The van der Waals surface area contributed by atoms with Crippen LogP contribution in [0, 0.1) is 29.1 Å². The molecule has 0 aliphatic heterocycles. The highest BCUT2D eigenvalue weighted by atomic mass is 32.1.